The lowest BCUT2D eigenvalue weighted by atomic mass is 10.1. The summed E-state index contributed by atoms with van der Waals surface area (Å²) in [5.41, 5.74) is 5.08. The Kier molecular flexibility index (Phi) is 8.25. The lowest BCUT2D eigenvalue weighted by Gasteiger charge is -2.26. The minimum absolute atomic E-state index is 0.269. The van der Waals surface area contributed by atoms with Crippen molar-refractivity contribution in [2.75, 3.05) is 24.3 Å². The zero-order valence-corrected chi connectivity index (χ0v) is 17.7. The van der Waals surface area contributed by atoms with Crippen molar-refractivity contribution in [2.45, 2.75) is 25.3 Å². The number of pyridine rings is 1. The molecule has 1 aromatic carbocycles. The maximum absolute atomic E-state index is 12.5. The minimum atomic E-state index is -1.05. The van der Waals surface area contributed by atoms with Crippen molar-refractivity contribution in [1.29, 1.82) is 0 Å². The minimum Gasteiger partial charge on any atom is -0.481 e. The number of nitrogens with zero attached hydrogens (tertiary/aromatic N) is 2. The molecule has 0 bridgehead atoms. The largest absolute Gasteiger partial charge is 0.481 e. The highest BCUT2D eigenvalue weighted by Gasteiger charge is 2.19. The van der Waals surface area contributed by atoms with E-state index in [1.165, 1.54) is 12.6 Å². The van der Waals surface area contributed by atoms with Crippen molar-refractivity contribution in [1.82, 2.24) is 20.0 Å². The van der Waals surface area contributed by atoms with Crippen molar-refractivity contribution in [3.63, 3.8) is 0 Å². The fourth-order valence-corrected chi connectivity index (χ4v) is 4.06. The third kappa shape index (κ3) is 7.26. The number of aromatic nitrogens is 1. The molecule has 2 aromatic rings. The molecule has 2 amide bonds. The monoisotopic (exact) mass is 443 g/mol. The van der Waals surface area contributed by atoms with Gasteiger partial charge < -0.3 is 21.2 Å². The van der Waals surface area contributed by atoms with Crippen LogP contribution >= 0.6 is 11.9 Å². The van der Waals surface area contributed by atoms with Gasteiger partial charge in [-0.1, -0.05) is 24.1 Å². The van der Waals surface area contributed by atoms with Crippen LogP contribution < -0.4 is 16.1 Å². The summed E-state index contributed by atoms with van der Waals surface area (Å²) in [5.74, 6) is -0.859. The molecule has 4 N–H and O–H groups in total. The van der Waals surface area contributed by atoms with Crippen LogP contribution in [0.1, 0.15) is 41.2 Å². The molecule has 1 aliphatic rings. The van der Waals surface area contributed by atoms with E-state index in [1.807, 2.05) is 6.07 Å². The Hall–Kier alpha value is -3.11. The van der Waals surface area contributed by atoms with Crippen LogP contribution in [-0.4, -0.2) is 51.1 Å². The molecule has 2 heterocycles. The summed E-state index contributed by atoms with van der Waals surface area (Å²) in [4.78, 5) is 39.9. The Bertz CT molecular complexity index is 906. The standard InChI is InChI=1S/C21H25N5O4S/c27-19(24-18(12-20(28)29)16-6-4-8-22-13-16)14-23-21(30)15-5-3-7-17(11-15)25-26-9-1-2-10-31-26/h3-8,11,13,18,25H,1-2,9-10,12,14H2,(H,23,30)(H,24,27)(H,28,29). The molecule has 0 aliphatic carbocycles. The quantitative estimate of drug-likeness (QED) is 0.435. The number of benzene rings is 1. The van der Waals surface area contributed by atoms with E-state index in [0.717, 1.165) is 24.4 Å². The lowest BCUT2D eigenvalue weighted by molar-refractivity contribution is -0.137. The van der Waals surface area contributed by atoms with Gasteiger partial charge in [-0.15, -0.1) is 0 Å². The average Bonchev–Trinajstić information content (AvgIpc) is 2.78. The van der Waals surface area contributed by atoms with Crippen LogP contribution in [0.5, 0.6) is 0 Å². The van der Waals surface area contributed by atoms with Gasteiger partial charge in [-0.3, -0.25) is 19.4 Å². The summed E-state index contributed by atoms with van der Waals surface area (Å²) >= 11 is 1.72. The van der Waals surface area contributed by atoms with E-state index >= 15 is 0 Å². The van der Waals surface area contributed by atoms with Crippen molar-refractivity contribution in [3.8, 4) is 0 Å². The fraction of sp³-hybridized carbons (Fsp3) is 0.333. The van der Waals surface area contributed by atoms with Gasteiger partial charge in [0.1, 0.15) is 0 Å². The van der Waals surface area contributed by atoms with Gasteiger partial charge in [0.15, 0.2) is 0 Å². The number of hydrogen-bond acceptors (Lipinski definition) is 7. The average molecular weight is 444 g/mol. The first-order chi connectivity index (χ1) is 15.0. The molecule has 0 radical (unpaired) electrons. The van der Waals surface area contributed by atoms with E-state index in [1.54, 1.807) is 48.5 Å². The van der Waals surface area contributed by atoms with Crippen molar-refractivity contribution >= 4 is 35.4 Å². The molecular formula is C21H25N5O4S. The third-order valence-electron chi connectivity index (χ3n) is 4.59. The molecule has 10 heteroatoms. The van der Waals surface area contributed by atoms with Gasteiger partial charge in [0, 0.05) is 30.3 Å². The number of amides is 2. The highest BCUT2D eigenvalue weighted by molar-refractivity contribution is 7.97. The number of carboxylic acids is 1. The molecule has 3 rings (SSSR count). The predicted molar refractivity (Wildman–Crippen MR) is 118 cm³/mol. The summed E-state index contributed by atoms with van der Waals surface area (Å²) in [6.07, 6.45) is 5.11. The molecule has 1 fully saturated rings. The van der Waals surface area contributed by atoms with Gasteiger partial charge in [-0.2, -0.15) is 4.41 Å². The van der Waals surface area contributed by atoms with E-state index in [2.05, 4.69) is 25.5 Å². The van der Waals surface area contributed by atoms with E-state index in [0.29, 0.717) is 11.1 Å². The Morgan fingerprint density at radius 2 is 2.06 bits per heavy atom. The van der Waals surface area contributed by atoms with Crippen molar-refractivity contribution < 1.29 is 19.5 Å². The molecule has 1 unspecified atom stereocenters. The molecule has 1 aliphatic heterocycles. The maximum atomic E-state index is 12.5. The molecule has 164 valence electrons. The molecule has 1 aromatic heterocycles. The first-order valence-electron chi connectivity index (χ1n) is 9.98. The molecule has 9 nitrogen and oxygen atoms in total. The zero-order valence-electron chi connectivity index (χ0n) is 16.9. The number of nitrogens with one attached hydrogen (secondary N) is 3. The second kappa shape index (κ2) is 11.3. The zero-order chi connectivity index (χ0) is 22.1. The molecule has 0 saturated carbocycles. The highest BCUT2D eigenvalue weighted by atomic mass is 32.2. The van der Waals surface area contributed by atoms with Crippen LogP contribution in [0.4, 0.5) is 5.69 Å². The summed E-state index contributed by atoms with van der Waals surface area (Å²) < 4.78 is 2.05. The number of hydrazine groups is 1. The van der Waals surface area contributed by atoms with Crippen molar-refractivity contribution in [2.24, 2.45) is 0 Å². The van der Waals surface area contributed by atoms with Crippen LogP contribution in [0.25, 0.3) is 0 Å². The smallest absolute Gasteiger partial charge is 0.305 e. The highest BCUT2D eigenvalue weighted by Crippen LogP contribution is 2.21. The number of carbonyl (C=O) groups is 3. The summed E-state index contributed by atoms with van der Waals surface area (Å²) in [6.45, 7) is 0.657. The van der Waals surface area contributed by atoms with E-state index in [-0.39, 0.29) is 18.9 Å². The number of aliphatic carboxylic acids is 1. The van der Waals surface area contributed by atoms with Crippen LogP contribution in [-0.2, 0) is 9.59 Å². The molecule has 0 spiro atoms. The van der Waals surface area contributed by atoms with Gasteiger partial charge in [0.2, 0.25) is 5.91 Å². The van der Waals surface area contributed by atoms with Gasteiger partial charge >= 0.3 is 5.97 Å². The number of rotatable bonds is 9. The van der Waals surface area contributed by atoms with Crippen LogP contribution in [0.15, 0.2) is 48.8 Å². The summed E-state index contributed by atoms with van der Waals surface area (Å²) in [7, 11) is 0. The van der Waals surface area contributed by atoms with E-state index in [4.69, 9.17) is 5.11 Å². The van der Waals surface area contributed by atoms with E-state index < -0.39 is 17.9 Å². The number of anilines is 1. The second-order valence-electron chi connectivity index (χ2n) is 7.02. The topological polar surface area (TPSA) is 124 Å². The molecule has 31 heavy (non-hydrogen) atoms. The first kappa shape index (κ1) is 22.6. The van der Waals surface area contributed by atoms with Gasteiger partial charge in [0.05, 0.1) is 24.7 Å². The SMILES string of the molecule is O=C(O)CC(NC(=O)CNC(=O)c1cccc(NN2CCCCS2)c1)c1cccnc1. The Morgan fingerprint density at radius 1 is 1.19 bits per heavy atom. The van der Waals surface area contributed by atoms with Crippen LogP contribution in [0, 0.1) is 0 Å². The van der Waals surface area contributed by atoms with Crippen LogP contribution in [0.2, 0.25) is 0 Å². The van der Waals surface area contributed by atoms with Gasteiger partial charge in [-0.05, 0) is 42.7 Å². The fourth-order valence-electron chi connectivity index (χ4n) is 3.08. The summed E-state index contributed by atoms with van der Waals surface area (Å²) in [6, 6.07) is 9.68. The molecule has 1 saturated heterocycles. The number of carbonyl (C=O) groups excluding carboxylic acids is 2. The number of hydrogen-bond donors (Lipinski definition) is 4. The first-order valence-corrected chi connectivity index (χ1v) is 10.9. The second-order valence-corrected chi connectivity index (χ2v) is 8.13. The third-order valence-corrected chi connectivity index (χ3v) is 5.65. The van der Waals surface area contributed by atoms with Gasteiger partial charge in [-0.25, -0.2) is 0 Å². The van der Waals surface area contributed by atoms with E-state index in [9.17, 15) is 14.4 Å². The Balaban J connectivity index is 1.53. The number of carboxylic acid groups (broad SMARTS) is 1. The van der Waals surface area contributed by atoms with Gasteiger partial charge in [0.25, 0.3) is 5.91 Å². The Labute approximate surface area is 184 Å². The lowest BCUT2D eigenvalue weighted by Crippen LogP contribution is -2.39. The van der Waals surface area contributed by atoms with Crippen LogP contribution in [0.3, 0.4) is 0 Å². The Morgan fingerprint density at radius 3 is 2.77 bits per heavy atom. The maximum Gasteiger partial charge on any atom is 0.305 e. The normalized spacial score (nSPS) is 15.0. The predicted octanol–water partition coefficient (Wildman–Crippen LogP) is 2.21. The summed E-state index contributed by atoms with van der Waals surface area (Å²) in [5, 5.41) is 14.3. The molecular weight excluding hydrogens is 418 g/mol. The van der Waals surface area contributed by atoms with Crippen molar-refractivity contribution in [3.05, 3.63) is 59.9 Å². The molecule has 1 atom stereocenters.